The molecule has 0 atom stereocenters. The van der Waals surface area contributed by atoms with Gasteiger partial charge in [0.2, 0.25) is 0 Å². The highest BCUT2D eigenvalue weighted by Gasteiger charge is 2.08. The predicted molar refractivity (Wildman–Crippen MR) is 74.0 cm³/mol. The molecule has 0 fully saturated rings. The Hall–Kier alpha value is -1.95. The fraction of sp³-hybridized carbons (Fsp3) is 0.308. The molecule has 0 spiro atoms. The molecule has 0 amide bonds. The molecule has 0 saturated carbocycles. The van der Waals surface area contributed by atoms with Crippen LogP contribution in [0.5, 0.6) is 0 Å². The Kier molecular flexibility index (Phi) is 4.85. The van der Waals surface area contributed by atoms with Gasteiger partial charge in [-0.2, -0.15) is 0 Å². The average molecular weight is 277 g/mol. The number of carbonyl (C=O) groups is 1. The molecule has 0 saturated heterocycles. The van der Waals surface area contributed by atoms with Crippen molar-refractivity contribution in [1.29, 1.82) is 0 Å². The lowest BCUT2D eigenvalue weighted by molar-refractivity contribution is -0.142. The van der Waals surface area contributed by atoms with E-state index in [1.165, 1.54) is 11.3 Å². The third-order valence-corrected chi connectivity index (χ3v) is 3.20. The number of rotatable bonds is 6. The largest absolute Gasteiger partial charge is 0.466 e. The van der Waals surface area contributed by atoms with Crippen LogP contribution in [0.3, 0.4) is 0 Å². The summed E-state index contributed by atoms with van der Waals surface area (Å²) < 4.78 is 4.88. The van der Waals surface area contributed by atoms with Gasteiger partial charge in [-0.3, -0.25) is 9.78 Å². The van der Waals surface area contributed by atoms with Gasteiger partial charge in [0, 0.05) is 24.3 Å². The fourth-order valence-corrected chi connectivity index (χ4v) is 2.22. The minimum absolute atomic E-state index is 0.221. The highest BCUT2D eigenvalue weighted by Crippen LogP contribution is 2.16. The van der Waals surface area contributed by atoms with Gasteiger partial charge in [0.1, 0.15) is 0 Å². The number of nitrogens with one attached hydrogen (secondary N) is 1. The normalized spacial score (nSPS) is 10.2. The van der Waals surface area contributed by atoms with Gasteiger partial charge in [0.25, 0.3) is 0 Å². The second kappa shape index (κ2) is 6.84. The summed E-state index contributed by atoms with van der Waals surface area (Å²) in [6.45, 7) is 2.86. The molecule has 2 heterocycles. The molecule has 0 aliphatic carbocycles. The molecule has 2 aromatic rings. The molecule has 6 heteroatoms. The molecular formula is C13H15N3O2S. The average Bonchev–Trinajstić information content (AvgIpc) is 2.85. The summed E-state index contributed by atoms with van der Waals surface area (Å²) in [5, 5.41) is 5.86. The van der Waals surface area contributed by atoms with Gasteiger partial charge in [0.15, 0.2) is 5.13 Å². The van der Waals surface area contributed by atoms with Crippen molar-refractivity contribution in [3.8, 4) is 0 Å². The zero-order valence-corrected chi connectivity index (χ0v) is 11.4. The van der Waals surface area contributed by atoms with Crippen molar-refractivity contribution in [2.24, 2.45) is 0 Å². The van der Waals surface area contributed by atoms with Gasteiger partial charge >= 0.3 is 5.97 Å². The predicted octanol–water partition coefficient (Wildman–Crippen LogP) is 2.26. The maximum absolute atomic E-state index is 11.3. The summed E-state index contributed by atoms with van der Waals surface area (Å²) in [6.07, 6.45) is 3.77. The molecule has 2 aromatic heterocycles. The summed E-state index contributed by atoms with van der Waals surface area (Å²) in [5.74, 6) is -0.244. The Morgan fingerprint density at radius 2 is 2.42 bits per heavy atom. The minimum Gasteiger partial charge on any atom is -0.466 e. The lowest BCUT2D eigenvalue weighted by Crippen LogP contribution is -2.07. The third kappa shape index (κ3) is 4.33. The van der Waals surface area contributed by atoms with Crippen molar-refractivity contribution in [1.82, 2.24) is 9.97 Å². The molecular weight excluding hydrogens is 262 g/mol. The zero-order chi connectivity index (χ0) is 13.5. The molecule has 19 heavy (non-hydrogen) atoms. The van der Waals surface area contributed by atoms with Crippen molar-refractivity contribution in [3.05, 3.63) is 41.2 Å². The molecule has 1 N–H and O–H groups in total. The maximum Gasteiger partial charge on any atom is 0.311 e. The number of ether oxygens (including phenoxy) is 1. The Labute approximate surface area is 115 Å². The number of aromatic nitrogens is 2. The number of nitrogens with zero attached hydrogens (tertiary/aromatic N) is 2. The van der Waals surface area contributed by atoms with E-state index in [2.05, 4.69) is 15.3 Å². The van der Waals surface area contributed by atoms with Crippen LogP contribution >= 0.6 is 11.3 Å². The van der Waals surface area contributed by atoms with E-state index in [0.717, 1.165) is 16.4 Å². The van der Waals surface area contributed by atoms with E-state index in [4.69, 9.17) is 4.74 Å². The Morgan fingerprint density at radius 1 is 1.53 bits per heavy atom. The molecule has 0 aromatic carbocycles. The van der Waals surface area contributed by atoms with Crippen LogP contribution < -0.4 is 5.32 Å². The number of hydrogen-bond donors (Lipinski definition) is 1. The highest BCUT2D eigenvalue weighted by molar-refractivity contribution is 7.13. The Balaban J connectivity index is 1.85. The van der Waals surface area contributed by atoms with E-state index in [1.54, 1.807) is 19.3 Å². The van der Waals surface area contributed by atoms with Gasteiger partial charge in [-0.1, -0.05) is 6.07 Å². The van der Waals surface area contributed by atoms with Gasteiger partial charge in [-0.15, -0.1) is 11.3 Å². The summed E-state index contributed by atoms with van der Waals surface area (Å²) in [6, 6.07) is 3.89. The topological polar surface area (TPSA) is 64.1 Å². The van der Waals surface area contributed by atoms with Crippen LogP contribution in [0, 0.1) is 0 Å². The van der Waals surface area contributed by atoms with Gasteiger partial charge in [-0.25, -0.2) is 4.98 Å². The summed E-state index contributed by atoms with van der Waals surface area (Å²) in [5.41, 5.74) is 1.82. The van der Waals surface area contributed by atoms with Crippen LogP contribution in [-0.2, 0) is 22.5 Å². The molecule has 0 aliphatic rings. The molecule has 100 valence electrons. The first kappa shape index (κ1) is 13.5. The van der Waals surface area contributed by atoms with Crippen molar-refractivity contribution >= 4 is 22.4 Å². The van der Waals surface area contributed by atoms with Crippen LogP contribution in [0.15, 0.2) is 29.9 Å². The second-order valence-corrected chi connectivity index (χ2v) is 4.70. The second-order valence-electron chi connectivity index (χ2n) is 3.84. The zero-order valence-electron chi connectivity index (χ0n) is 10.6. The van der Waals surface area contributed by atoms with E-state index in [1.807, 2.05) is 17.5 Å². The van der Waals surface area contributed by atoms with Crippen LogP contribution in [0.2, 0.25) is 0 Å². The van der Waals surface area contributed by atoms with E-state index in [0.29, 0.717) is 13.2 Å². The van der Waals surface area contributed by atoms with Gasteiger partial charge in [-0.05, 0) is 18.6 Å². The lowest BCUT2D eigenvalue weighted by atomic mass is 10.3. The van der Waals surface area contributed by atoms with Crippen molar-refractivity contribution in [3.63, 3.8) is 0 Å². The van der Waals surface area contributed by atoms with E-state index >= 15 is 0 Å². The van der Waals surface area contributed by atoms with Crippen LogP contribution in [-0.4, -0.2) is 22.5 Å². The lowest BCUT2D eigenvalue weighted by Gasteiger charge is -2.01. The number of anilines is 1. The minimum atomic E-state index is -0.244. The highest BCUT2D eigenvalue weighted by atomic mass is 32.1. The van der Waals surface area contributed by atoms with Gasteiger partial charge in [0.05, 0.1) is 18.7 Å². The first-order valence-electron chi connectivity index (χ1n) is 6.00. The first-order chi connectivity index (χ1) is 9.28. The SMILES string of the molecule is CCOC(=O)Cc1csc(NCc2cccnc2)n1. The molecule has 5 nitrogen and oxygen atoms in total. The molecule has 0 bridgehead atoms. The number of thiazole rings is 1. The number of hydrogen-bond acceptors (Lipinski definition) is 6. The number of pyridine rings is 1. The van der Waals surface area contributed by atoms with Crippen molar-refractivity contribution in [2.75, 3.05) is 11.9 Å². The third-order valence-electron chi connectivity index (χ3n) is 2.35. The Bertz CT molecular complexity index is 528. The van der Waals surface area contributed by atoms with Crippen LogP contribution in [0.25, 0.3) is 0 Å². The monoisotopic (exact) mass is 277 g/mol. The summed E-state index contributed by atoms with van der Waals surface area (Å²) in [7, 11) is 0. The molecule has 0 aliphatic heterocycles. The quantitative estimate of drug-likeness (QED) is 0.820. The fourth-order valence-electron chi connectivity index (χ4n) is 1.51. The summed E-state index contributed by atoms with van der Waals surface area (Å²) >= 11 is 1.48. The molecule has 0 unspecified atom stereocenters. The molecule has 2 rings (SSSR count). The smallest absolute Gasteiger partial charge is 0.311 e. The van der Waals surface area contributed by atoms with E-state index < -0.39 is 0 Å². The Morgan fingerprint density at radius 3 is 3.16 bits per heavy atom. The van der Waals surface area contributed by atoms with E-state index in [-0.39, 0.29) is 12.4 Å². The first-order valence-corrected chi connectivity index (χ1v) is 6.88. The standard InChI is InChI=1S/C13H15N3O2S/c1-2-18-12(17)6-11-9-19-13(16-11)15-8-10-4-3-5-14-7-10/h3-5,7,9H,2,6,8H2,1H3,(H,15,16). The van der Waals surface area contributed by atoms with Crippen LogP contribution in [0.4, 0.5) is 5.13 Å². The number of esters is 1. The maximum atomic E-state index is 11.3. The summed E-state index contributed by atoms with van der Waals surface area (Å²) in [4.78, 5) is 19.7. The van der Waals surface area contributed by atoms with E-state index in [9.17, 15) is 4.79 Å². The van der Waals surface area contributed by atoms with Crippen molar-refractivity contribution < 1.29 is 9.53 Å². The number of carbonyl (C=O) groups excluding carboxylic acids is 1. The van der Waals surface area contributed by atoms with Crippen LogP contribution in [0.1, 0.15) is 18.2 Å². The molecule has 0 radical (unpaired) electrons. The van der Waals surface area contributed by atoms with Crippen molar-refractivity contribution in [2.45, 2.75) is 19.9 Å². The van der Waals surface area contributed by atoms with Gasteiger partial charge < -0.3 is 10.1 Å².